The van der Waals surface area contributed by atoms with Gasteiger partial charge in [-0.1, -0.05) is 0 Å². The Labute approximate surface area is 114 Å². The van der Waals surface area contributed by atoms with Gasteiger partial charge in [0.25, 0.3) is 0 Å². The first-order chi connectivity index (χ1) is 8.06. The van der Waals surface area contributed by atoms with Crippen LogP contribution in [-0.4, -0.2) is 0 Å². The summed E-state index contributed by atoms with van der Waals surface area (Å²) < 4.78 is 32.1. The van der Waals surface area contributed by atoms with E-state index in [1.165, 1.54) is 36.4 Å². The summed E-state index contributed by atoms with van der Waals surface area (Å²) in [5, 5.41) is 0. The van der Waals surface area contributed by atoms with Gasteiger partial charge in [0, 0.05) is 0 Å². The molecule has 0 bridgehead atoms. The molecule has 5 heteroatoms. The van der Waals surface area contributed by atoms with Gasteiger partial charge in [0.2, 0.25) is 0 Å². The van der Waals surface area contributed by atoms with Crippen LogP contribution in [0.5, 0.6) is 11.5 Å². The van der Waals surface area contributed by atoms with Crippen molar-refractivity contribution in [3.8, 4) is 11.5 Å². The molecule has 0 fully saturated rings. The minimum absolute atomic E-state index is 0.316. The maximum Gasteiger partial charge on any atom is 0.137 e. The first-order valence-electron chi connectivity index (χ1n) is 4.64. The van der Waals surface area contributed by atoms with Crippen LogP contribution in [0.25, 0.3) is 0 Å². The molecular weight excluding hydrogens is 358 g/mol. The first kappa shape index (κ1) is 12.5. The van der Waals surface area contributed by atoms with E-state index in [0.29, 0.717) is 20.4 Å². The number of rotatable bonds is 2. The van der Waals surface area contributed by atoms with Gasteiger partial charge < -0.3 is 4.74 Å². The van der Waals surface area contributed by atoms with Crippen LogP contribution < -0.4 is 4.74 Å². The Morgan fingerprint density at radius 2 is 1.18 bits per heavy atom. The number of hydrogen-bond donors (Lipinski definition) is 0. The van der Waals surface area contributed by atoms with Crippen molar-refractivity contribution in [1.29, 1.82) is 0 Å². The van der Waals surface area contributed by atoms with E-state index < -0.39 is 0 Å². The number of ether oxygens (including phenoxy) is 1. The molecule has 88 valence electrons. The van der Waals surface area contributed by atoms with Crippen LogP contribution in [0.1, 0.15) is 0 Å². The fraction of sp³-hybridized carbons (Fsp3) is 0. The Morgan fingerprint density at radius 3 is 1.53 bits per heavy atom. The van der Waals surface area contributed by atoms with E-state index in [0.717, 1.165) is 0 Å². The van der Waals surface area contributed by atoms with Crippen LogP contribution in [0, 0.1) is 11.6 Å². The van der Waals surface area contributed by atoms with Crippen molar-refractivity contribution in [3.05, 3.63) is 57.0 Å². The number of hydrogen-bond acceptors (Lipinski definition) is 1. The molecule has 0 unspecified atom stereocenters. The maximum atomic E-state index is 13.0. The van der Waals surface area contributed by atoms with Gasteiger partial charge in [0.1, 0.15) is 23.1 Å². The summed E-state index contributed by atoms with van der Waals surface area (Å²) in [6.07, 6.45) is 0. The first-order valence-corrected chi connectivity index (χ1v) is 6.23. The topological polar surface area (TPSA) is 9.23 Å². The highest BCUT2D eigenvalue weighted by atomic mass is 79.9. The van der Waals surface area contributed by atoms with E-state index in [9.17, 15) is 8.78 Å². The summed E-state index contributed by atoms with van der Waals surface area (Å²) in [6.45, 7) is 0. The summed E-state index contributed by atoms with van der Waals surface area (Å²) in [6, 6.07) is 8.59. The van der Waals surface area contributed by atoms with Crippen molar-refractivity contribution in [2.45, 2.75) is 0 Å². The Balaban J connectivity index is 2.25. The maximum absolute atomic E-state index is 13.0. The zero-order valence-corrected chi connectivity index (χ0v) is 11.6. The molecule has 0 saturated carbocycles. The van der Waals surface area contributed by atoms with Crippen LogP contribution in [0.2, 0.25) is 0 Å². The van der Waals surface area contributed by atoms with Crippen molar-refractivity contribution in [2.75, 3.05) is 0 Å². The second-order valence-corrected chi connectivity index (χ2v) is 4.96. The molecule has 0 radical (unpaired) electrons. The van der Waals surface area contributed by atoms with E-state index in [-0.39, 0.29) is 11.6 Å². The zero-order chi connectivity index (χ0) is 12.4. The van der Waals surface area contributed by atoms with Crippen molar-refractivity contribution >= 4 is 31.9 Å². The minimum Gasteiger partial charge on any atom is -0.457 e. The average Bonchev–Trinajstić information content (AvgIpc) is 2.29. The Kier molecular flexibility index (Phi) is 3.79. The van der Waals surface area contributed by atoms with Crippen molar-refractivity contribution in [1.82, 2.24) is 0 Å². The van der Waals surface area contributed by atoms with Crippen molar-refractivity contribution < 1.29 is 13.5 Å². The van der Waals surface area contributed by atoms with Gasteiger partial charge in [-0.05, 0) is 68.3 Å². The summed E-state index contributed by atoms with van der Waals surface area (Å²) >= 11 is 6.12. The molecule has 2 rings (SSSR count). The van der Waals surface area contributed by atoms with Gasteiger partial charge in [-0.15, -0.1) is 0 Å². The molecule has 0 atom stereocenters. The molecule has 0 aliphatic rings. The average molecular weight is 364 g/mol. The van der Waals surface area contributed by atoms with Gasteiger partial charge in [-0.3, -0.25) is 0 Å². The normalized spacial score (nSPS) is 10.4. The molecule has 0 spiro atoms. The molecule has 2 aromatic rings. The third kappa shape index (κ3) is 3.04. The summed E-state index contributed by atoms with van der Waals surface area (Å²) in [5.41, 5.74) is 0. The molecule has 0 heterocycles. The monoisotopic (exact) mass is 362 g/mol. The fourth-order valence-electron chi connectivity index (χ4n) is 1.22. The molecule has 0 aromatic heterocycles. The molecule has 0 saturated heterocycles. The van der Waals surface area contributed by atoms with Crippen molar-refractivity contribution in [2.24, 2.45) is 0 Å². The van der Waals surface area contributed by atoms with Gasteiger partial charge in [-0.25, -0.2) is 8.78 Å². The molecule has 17 heavy (non-hydrogen) atoms. The quantitative estimate of drug-likeness (QED) is 0.705. The van der Waals surface area contributed by atoms with Crippen LogP contribution in [0.3, 0.4) is 0 Å². The van der Waals surface area contributed by atoms with Crippen LogP contribution in [0.15, 0.2) is 45.3 Å². The van der Waals surface area contributed by atoms with Crippen molar-refractivity contribution in [3.63, 3.8) is 0 Å². The minimum atomic E-state index is -0.363. The fourth-order valence-corrected chi connectivity index (χ4v) is 1.93. The smallest absolute Gasteiger partial charge is 0.137 e. The predicted octanol–water partition coefficient (Wildman–Crippen LogP) is 5.28. The lowest BCUT2D eigenvalue weighted by Gasteiger charge is -2.07. The van der Waals surface area contributed by atoms with Gasteiger partial charge in [-0.2, -0.15) is 0 Å². The molecular formula is C12H6Br2F2O. The van der Waals surface area contributed by atoms with Crippen LogP contribution >= 0.6 is 31.9 Å². The predicted molar refractivity (Wildman–Crippen MR) is 68.3 cm³/mol. The third-order valence-electron chi connectivity index (χ3n) is 2.02. The Hall–Kier alpha value is -0.940. The third-order valence-corrected chi connectivity index (χ3v) is 3.23. The lowest BCUT2D eigenvalue weighted by molar-refractivity contribution is 0.477. The highest BCUT2D eigenvalue weighted by Crippen LogP contribution is 2.28. The standard InChI is InChI=1S/C12H6Br2F2O/c13-9-5-7(1-3-11(9)15)17-8-2-4-12(16)10(14)6-8/h1-6H. The molecule has 1 nitrogen and oxygen atoms in total. The second kappa shape index (κ2) is 5.14. The molecule has 0 aliphatic heterocycles. The largest absolute Gasteiger partial charge is 0.457 e. The van der Waals surface area contributed by atoms with Gasteiger partial charge in [0.15, 0.2) is 0 Å². The molecule has 0 aliphatic carbocycles. The number of halogens is 4. The summed E-state index contributed by atoms with van der Waals surface area (Å²) in [7, 11) is 0. The lowest BCUT2D eigenvalue weighted by Crippen LogP contribution is -1.87. The summed E-state index contributed by atoms with van der Waals surface area (Å²) in [4.78, 5) is 0. The van der Waals surface area contributed by atoms with E-state index in [4.69, 9.17) is 4.74 Å². The molecule has 2 aromatic carbocycles. The van der Waals surface area contributed by atoms with Crippen LogP contribution in [0.4, 0.5) is 8.78 Å². The number of benzene rings is 2. The Bertz CT molecular complexity index is 509. The zero-order valence-electron chi connectivity index (χ0n) is 8.38. The van der Waals surface area contributed by atoms with Gasteiger partial charge >= 0.3 is 0 Å². The Morgan fingerprint density at radius 1 is 0.765 bits per heavy atom. The van der Waals surface area contributed by atoms with E-state index in [2.05, 4.69) is 31.9 Å². The van der Waals surface area contributed by atoms with E-state index >= 15 is 0 Å². The summed E-state index contributed by atoms with van der Waals surface area (Å²) in [5.74, 6) is 0.212. The highest BCUT2D eigenvalue weighted by Gasteiger charge is 2.05. The van der Waals surface area contributed by atoms with Gasteiger partial charge in [0.05, 0.1) is 8.95 Å². The second-order valence-electron chi connectivity index (χ2n) is 3.25. The highest BCUT2D eigenvalue weighted by molar-refractivity contribution is 9.10. The SMILES string of the molecule is Fc1ccc(Oc2ccc(F)c(Br)c2)cc1Br. The van der Waals surface area contributed by atoms with E-state index in [1.807, 2.05) is 0 Å². The molecule has 0 N–H and O–H groups in total. The van der Waals surface area contributed by atoms with Crippen LogP contribution in [-0.2, 0) is 0 Å². The van der Waals surface area contributed by atoms with E-state index in [1.54, 1.807) is 0 Å². The lowest BCUT2D eigenvalue weighted by atomic mass is 10.3. The molecule has 0 amide bonds.